The van der Waals surface area contributed by atoms with E-state index >= 15 is 0 Å². The lowest BCUT2D eigenvalue weighted by atomic mass is 9.71. The van der Waals surface area contributed by atoms with Crippen LogP contribution in [-0.4, -0.2) is 4.98 Å². The first-order valence-electron chi connectivity index (χ1n) is 5.53. The molecule has 0 amide bonds. The van der Waals surface area contributed by atoms with Gasteiger partial charge in [0.1, 0.15) is 0 Å². The van der Waals surface area contributed by atoms with Gasteiger partial charge >= 0.3 is 0 Å². The van der Waals surface area contributed by atoms with Gasteiger partial charge in [-0.2, -0.15) is 0 Å². The van der Waals surface area contributed by atoms with Gasteiger partial charge < -0.3 is 0 Å². The van der Waals surface area contributed by atoms with Crippen molar-refractivity contribution >= 4 is 0 Å². The van der Waals surface area contributed by atoms with Crippen LogP contribution in [-0.2, 0) is 6.42 Å². The van der Waals surface area contributed by atoms with Crippen LogP contribution in [0, 0.1) is 5.41 Å². The molecule has 1 aromatic heterocycles. The number of aromatic nitrogens is 1. The highest BCUT2D eigenvalue weighted by atomic mass is 14.7. The smallest absolute Gasteiger partial charge is 0.0471 e. The Morgan fingerprint density at radius 1 is 1.36 bits per heavy atom. The predicted octanol–water partition coefficient (Wildman–Crippen LogP) is 3.55. The van der Waals surface area contributed by atoms with Gasteiger partial charge in [0.05, 0.1) is 0 Å². The third-order valence-corrected chi connectivity index (χ3v) is 3.24. The molecule has 76 valence electrons. The number of hydrogen-bond donors (Lipinski definition) is 0. The number of aryl methyl sites for hydroxylation is 1. The van der Waals surface area contributed by atoms with Crippen molar-refractivity contribution in [1.29, 1.82) is 0 Å². The van der Waals surface area contributed by atoms with Crippen LogP contribution in [0.4, 0.5) is 0 Å². The summed E-state index contributed by atoms with van der Waals surface area (Å²) in [6, 6.07) is 4.30. The molecule has 0 saturated heterocycles. The molecule has 2 rings (SSSR count). The number of rotatable bonds is 0. The van der Waals surface area contributed by atoms with Gasteiger partial charge in [-0.25, -0.2) is 0 Å². The second kappa shape index (κ2) is 3.38. The van der Waals surface area contributed by atoms with Gasteiger partial charge in [-0.15, -0.1) is 0 Å². The lowest BCUT2D eigenvalue weighted by molar-refractivity contribution is 0.283. The van der Waals surface area contributed by atoms with Gasteiger partial charge in [-0.1, -0.05) is 26.8 Å². The van der Waals surface area contributed by atoms with Gasteiger partial charge in [0.25, 0.3) is 0 Å². The molecule has 14 heavy (non-hydrogen) atoms. The van der Waals surface area contributed by atoms with Crippen LogP contribution < -0.4 is 0 Å². The van der Waals surface area contributed by atoms with Crippen molar-refractivity contribution in [3.8, 4) is 0 Å². The summed E-state index contributed by atoms with van der Waals surface area (Å²) in [5.74, 6) is 0.646. The van der Waals surface area contributed by atoms with Crippen molar-refractivity contribution in [2.45, 2.75) is 46.0 Å². The van der Waals surface area contributed by atoms with E-state index in [1.165, 1.54) is 30.5 Å². The molecule has 1 nitrogen and oxygen atoms in total. The summed E-state index contributed by atoms with van der Waals surface area (Å²) in [7, 11) is 0. The zero-order valence-corrected chi connectivity index (χ0v) is 9.38. The molecule has 0 spiro atoms. The molecule has 1 aliphatic carbocycles. The average molecular weight is 189 g/mol. The van der Waals surface area contributed by atoms with Gasteiger partial charge in [0.15, 0.2) is 0 Å². The Bertz CT molecular complexity index is 322. The molecule has 1 heterocycles. The minimum Gasteiger partial charge on any atom is -0.261 e. The Hall–Kier alpha value is -0.850. The van der Waals surface area contributed by atoms with Gasteiger partial charge in [0, 0.05) is 17.8 Å². The van der Waals surface area contributed by atoms with E-state index in [0.717, 1.165) is 0 Å². The van der Waals surface area contributed by atoms with Crippen molar-refractivity contribution < 1.29 is 0 Å². The lowest BCUT2D eigenvalue weighted by Gasteiger charge is -2.34. The quantitative estimate of drug-likeness (QED) is 0.608. The van der Waals surface area contributed by atoms with E-state index in [0.29, 0.717) is 11.3 Å². The Balaban J connectivity index is 2.41. The summed E-state index contributed by atoms with van der Waals surface area (Å²) in [5, 5.41) is 0. The molecular weight excluding hydrogens is 170 g/mol. The van der Waals surface area contributed by atoms with Gasteiger partial charge in [-0.3, -0.25) is 4.98 Å². The highest BCUT2D eigenvalue weighted by molar-refractivity contribution is 5.27. The van der Waals surface area contributed by atoms with E-state index in [-0.39, 0.29) is 0 Å². The van der Waals surface area contributed by atoms with E-state index in [1.807, 2.05) is 6.20 Å². The third-order valence-electron chi connectivity index (χ3n) is 3.24. The highest BCUT2D eigenvalue weighted by Crippen LogP contribution is 2.42. The van der Waals surface area contributed by atoms with Crippen molar-refractivity contribution in [1.82, 2.24) is 4.98 Å². The van der Waals surface area contributed by atoms with E-state index in [2.05, 4.69) is 37.9 Å². The molecular formula is C13H19N. The van der Waals surface area contributed by atoms with Crippen LogP contribution in [0.3, 0.4) is 0 Å². The van der Waals surface area contributed by atoms with Gasteiger partial charge in [0.2, 0.25) is 0 Å². The Labute approximate surface area is 86.6 Å². The fourth-order valence-corrected chi connectivity index (χ4v) is 2.45. The molecule has 0 aromatic carbocycles. The number of nitrogens with zero attached hydrogens (tertiary/aromatic N) is 1. The zero-order chi connectivity index (χ0) is 10.2. The molecule has 0 bridgehead atoms. The minimum absolute atomic E-state index is 0.351. The number of hydrogen-bond acceptors (Lipinski definition) is 1. The van der Waals surface area contributed by atoms with E-state index in [4.69, 9.17) is 0 Å². The van der Waals surface area contributed by atoms with E-state index < -0.39 is 0 Å². The normalized spacial score (nSPS) is 21.8. The summed E-state index contributed by atoms with van der Waals surface area (Å²) in [6.45, 7) is 6.96. The fourth-order valence-electron chi connectivity index (χ4n) is 2.45. The summed E-state index contributed by atoms with van der Waals surface area (Å²) in [5.41, 5.74) is 3.17. The van der Waals surface area contributed by atoms with E-state index in [9.17, 15) is 0 Å². The van der Waals surface area contributed by atoms with Crippen LogP contribution in [0.2, 0.25) is 0 Å². The molecule has 0 aliphatic heterocycles. The lowest BCUT2D eigenvalue weighted by Crippen LogP contribution is -2.24. The summed E-state index contributed by atoms with van der Waals surface area (Å²) in [4.78, 5) is 4.57. The molecule has 0 N–H and O–H groups in total. The first-order chi connectivity index (χ1) is 6.59. The molecule has 0 unspecified atom stereocenters. The standard InChI is InChI=1S/C13H19N/c1-13(2,3)11-8-4-6-10-7-5-9-14-12(10)11/h5,7,9,11H,4,6,8H2,1-3H3/t11-/m0/s1. The first-order valence-corrected chi connectivity index (χ1v) is 5.53. The summed E-state index contributed by atoms with van der Waals surface area (Å²) in [6.07, 6.45) is 5.77. The topological polar surface area (TPSA) is 12.9 Å². The molecule has 1 atom stereocenters. The SMILES string of the molecule is CC(C)(C)[C@H]1CCCc2cccnc21. The van der Waals surface area contributed by atoms with Crippen LogP contribution in [0.1, 0.15) is 50.8 Å². The van der Waals surface area contributed by atoms with Crippen LogP contribution >= 0.6 is 0 Å². The molecule has 0 fully saturated rings. The molecule has 1 aromatic rings. The molecule has 1 heteroatoms. The van der Waals surface area contributed by atoms with Crippen molar-refractivity contribution in [2.75, 3.05) is 0 Å². The monoisotopic (exact) mass is 189 g/mol. The van der Waals surface area contributed by atoms with E-state index in [1.54, 1.807) is 0 Å². The molecule has 0 radical (unpaired) electrons. The average Bonchev–Trinajstić information content (AvgIpc) is 2.15. The zero-order valence-electron chi connectivity index (χ0n) is 9.38. The maximum atomic E-state index is 4.57. The summed E-state index contributed by atoms with van der Waals surface area (Å²) >= 11 is 0. The Kier molecular flexibility index (Phi) is 2.34. The molecule has 1 aliphatic rings. The van der Waals surface area contributed by atoms with Crippen molar-refractivity contribution in [3.05, 3.63) is 29.6 Å². The van der Waals surface area contributed by atoms with Gasteiger partial charge in [-0.05, 0) is 36.3 Å². The predicted molar refractivity (Wildman–Crippen MR) is 59.4 cm³/mol. The summed E-state index contributed by atoms with van der Waals surface area (Å²) < 4.78 is 0. The van der Waals surface area contributed by atoms with Crippen LogP contribution in [0.25, 0.3) is 0 Å². The Morgan fingerprint density at radius 3 is 2.86 bits per heavy atom. The second-order valence-corrected chi connectivity index (χ2v) is 5.36. The molecule has 0 saturated carbocycles. The maximum absolute atomic E-state index is 4.57. The Morgan fingerprint density at radius 2 is 2.14 bits per heavy atom. The largest absolute Gasteiger partial charge is 0.261 e. The van der Waals surface area contributed by atoms with Crippen LogP contribution in [0.15, 0.2) is 18.3 Å². The number of pyridine rings is 1. The maximum Gasteiger partial charge on any atom is 0.0471 e. The third kappa shape index (κ3) is 1.68. The second-order valence-electron chi connectivity index (χ2n) is 5.36. The fraction of sp³-hybridized carbons (Fsp3) is 0.615. The van der Waals surface area contributed by atoms with Crippen LogP contribution in [0.5, 0.6) is 0 Å². The van der Waals surface area contributed by atoms with Crippen molar-refractivity contribution in [3.63, 3.8) is 0 Å². The first kappa shape index (κ1) is 9.70. The van der Waals surface area contributed by atoms with Crippen molar-refractivity contribution in [2.24, 2.45) is 5.41 Å². The highest BCUT2D eigenvalue weighted by Gasteiger charge is 2.31. The minimum atomic E-state index is 0.351. The number of fused-ring (bicyclic) bond motifs is 1.